The number of halogens is 1. The van der Waals surface area contributed by atoms with Gasteiger partial charge in [0.25, 0.3) is 5.91 Å². The largest absolute Gasteiger partial charge is 0.482 e. The number of carbonyl (C=O) groups is 3. The summed E-state index contributed by atoms with van der Waals surface area (Å²) in [5.41, 5.74) is 0.587. The zero-order valence-electron chi connectivity index (χ0n) is 17.1. The van der Waals surface area contributed by atoms with Crippen molar-refractivity contribution in [1.82, 2.24) is 4.90 Å². The molecule has 2 aliphatic carbocycles. The third-order valence-corrected chi connectivity index (χ3v) is 6.38. The summed E-state index contributed by atoms with van der Waals surface area (Å²) in [5, 5.41) is 3.26. The monoisotopic (exact) mass is 420 g/mol. The van der Waals surface area contributed by atoms with Crippen molar-refractivity contribution < 1.29 is 19.1 Å². The van der Waals surface area contributed by atoms with Crippen LogP contribution in [0.1, 0.15) is 46.0 Å². The lowest BCUT2D eigenvalue weighted by Crippen LogP contribution is -2.40. The lowest BCUT2D eigenvalue weighted by Gasteiger charge is -2.36. The van der Waals surface area contributed by atoms with Gasteiger partial charge in [-0.1, -0.05) is 18.0 Å². The van der Waals surface area contributed by atoms with E-state index in [1.807, 2.05) is 13.8 Å². The zero-order valence-corrected chi connectivity index (χ0v) is 17.8. The third-order valence-electron chi connectivity index (χ3n) is 6.09. The lowest BCUT2D eigenvalue weighted by molar-refractivity contribution is -0.136. The first kappa shape index (κ1) is 21.6. The fourth-order valence-corrected chi connectivity index (χ4v) is 4.68. The second-order valence-corrected chi connectivity index (χ2v) is 8.29. The number of nitrogens with zero attached hydrogens (tertiary/aromatic N) is 1. The highest BCUT2D eigenvalue weighted by molar-refractivity contribution is 6.32. The quantitative estimate of drug-likeness (QED) is 0.725. The van der Waals surface area contributed by atoms with E-state index >= 15 is 0 Å². The molecule has 2 fully saturated rings. The molecule has 29 heavy (non-hydrogen) atoms. The average molecular weight is 421 g/mol. The van der Waals surface area contributed by atoms with Crippen LogP contribution in [0.2, 0.25) is 5.02 Å². The summed E-state index contributed by atoms with van der Waals surface area (Å²) in [4.78, 5) is 38.7. The highest BCUT2D eigenvalue weighted by atomic mass is 35.5. The van der Waals surface area contributed by atoms with Crippen LogP contribution in [-0.2, 0) is 14.4 Å². The number of ether oxygens (including phenoxy) is 1. The molecule has 158 valence electrons. The summed E-state index contributed by atoms with van der Waals surface area (Å²) in [6.07, 6.45) is 4.18. The van der Waals surface area contributed by atoms with Crippen molar-refractivity contribution in [2.75, 3.05) is 25.0 Å². The molecule has 0 aliphatic heterocycles. The number of benzene rings is 1. The van der Waals surface area contributed by atoms with E-state index in [0.29, 0.717) is 48.2 Å². The van der Waals surface area contributed by atoms with Crippen molar-refractivity contribution in [2.24, 2.45) is 17.8 Å². The van der Waals surface area contributed by atoms with Gasteiger partial charge in [0, 0.05) is 36.5 Å². The molecule has 3 atom stereocenters. The molecule has 2 bridgehead atoms. The molecule has 1 N–H and O–H groups in total. The molecule has 3 rings (SSSR count). The van der Waals surface area contributed by atoms with Crippen LogP contribution in [0.4, 0.5) is 5.69 Å². The number of ketones is 1. The van der Waals surface area contributed by atoms with Gasteiger partial charge in [-0.2, -0.15) is 0 Å². The van der Waals surface area contributed by atoms with Gasteiger partial charge in [-0.05, 0) is 57.7 Å². The van der Waals surface area contributed by atoms with Crippen molar-refractivity contribution in [2.45, 2.75) is 46.0 Å². The Hall–Kier alpha value is -2.08. The van der Waals surface area contributed by atoms with E-state index in [9.17, 15) is 14.4 Å². The molecule has 0 saturated heterocycles. The zero-order chi connectivity index (χ0) is 21.0. The van der Waals surface area contributed by atoms with Gasteiger partial charge in [0.05, 0.1) is 5.02 Å². The molecule has 0 radical (unpaired) electrons. The van der Waals surface area contributed by atoms with E-state index in [-0.39, 0.29) is 36.2 Å². The summed E-state index contributed by atoms with van der Waals surface area (Å²) < 4.78 is 5.55. The van der Waals surface area contributed by atoms with Crippen molar-refractivity contribution in [3.63, 3.8) is 0 Å². The van der Waals surface area contributed by atoms with Gasteiger partial charge < -0.3 is 15.0 Å². The second kappa shape index (κ2) is 9.61. The first-order chi connectivity index (χ1) is 13.9. The summed E-state index contributed by atoms with van der Waals surface area (Å²) in [7, 11) is 0. The summed E-state index contributed by atoms with van der Waals surface area (Å²) >= 11 is 6.28. The number of fused-ring (bicyclic) bond motifs is 2. The first-order valence-corrected chi connectivity index (χ1v) is 10.8. The van der Waals surface area contributed by atoms with E-state index in [4.69, 9.17) is 16.3 Å². The van der Waals surface area contributed by atoms with Crippen LogP contribution >= 0.6 is 11.6 Å². The van der Waals surface area contributed by atoms with Gasteiger partial charge >= 0.3 is 0 Å². The standard InChI is InChI=1S/C22H29ClN2O4/c1-3-25(4-2)20(26)13-29-19-9-8-17(12-18(19)23)24-22(28)16-10-14-6-5-7-15(11-16)21(14)27/h8-9,12,14-16H,3-7,10-11,13H2,1-2H3,(H,24,28)/t14-,15+,16?. The highest BCUT2D eigenvalue weighted by Gasteiger charge is 2.41. The number of hydrogen-bond donors (Lipinski definition) is 1. The molecule has 2 aliphatic rings. The van der Waals surface area contributed by atoms with Crippen LogP contribution < -0.4 is 10.1 Å². The molecular weight excluding hydrogens is 392 g/mol. The van der Waals surface area contributed by atoms with Crippen molar-refractivity contribution in [1.29, 1.82) is 0 Å². The maximum atomic E-state index is 12.7. The van der Waals surface area contributed by atoms with E-state index in [1.54, 1.807) is 23.1 Å². The molecule has 1 unspecified atom stereocenters. The minimum atomic E-state index is -0.135. The molecule has 1 aromatic carbocycles. The van der Waals surface area contributed by atoms with Gasteiger partial charge in [0.15, 0.2) is 6.61 Å². The van der Waals surface area contributed by atoms with Crippen LogP contribution in [0.25, 0.3) is 0 Å². The Morgan fingerprint density at radius 1 is 1.17 bits per heavy atom. The van der Waals surface area contributed by atoms with Gasteiger partial charge in [-0.15, -0.1) is 0 Å². The molecule has 0 aromatic heterocycles. The predicted octanol–water partition coefficient (Wildman–Crippen LogP) is 3.92. The number of hydrogen-bond acceptors (Lipinski definition) is 4. The number of likely N-dealkylation sites (N-methyl/N-ethyl adjacent to an activating group) is 1. The third kappa shape index (κ3) is 5.10. The number of Topliss-reactive ketones (excluding diaryl/α,β-unsaturated/α-hetero) is 1. The molecule has 0 spiro atoms. The molecule has 0 heterocycles. The van der Waals surface area contributed by atoms with Crippen LogP contribution in [0.5, 0.6) is 5.75 Å². The van der Waals surface area contributed by atoms with Gasteiger partial charge in [0.1, 0.15) is 11.5 Å². The van der Waals surface area contributed by atoms with Crippen LogP contribution in [0.15, 0.2) is 18.2 Å². The highest BCUT2D eigenvalue weighted by Crippen LogP contribution is 2.40. The Kier molecular flexibility index (Phi) is 7.17. The van der Waals surface area contributed by atoms with Gasteiger partial charge in [-0.25, -0.2) is 0 Å². The fourth-order valence-electron chi connectivity index (χ4n) is 4.44. The number of anilines is 1. The van der Waals surface area contributed by atoms with E-state index in [1.165, 1.54) is 0 Å². The molecular formula is C22H29ClN2O4. The smallest absolute Gasteiger partial charge is 0.260 e. The lowest BCUT2D eigenvalue weighted by atomic mass is 9.67. The Bertz CT molecular complexity index is 762. The molecule has 7 heteroatoms. The van der Waals surface area contributed by atoms with E-state index in [0.717, 1.165) is 19.3 Å². The van der Waals surface area contributed by atoms with Crippen LogP contribution in [0, 0.1) is 17.8 Å². The van der Waals surface area contributed by atoms with Gasteiger partial charge in [0.2, 0.25) is 5.91 Å². The molecule has 2 amide bonds. The van der Waals surface area contributed by atoms with Crippen molar-refractivity contribution in [3.8, 4) is 5.75 Å². The Morgan fingerprint density at radius 3 is 2.41 bits per heavy atom. The molecule has 2 saturated carbocycles. The van der Waals surface area contributed by atoms with E-state index < -0.39 is 0 Å². The number of carbonyl (C=O) groups excluding carboxylic acids is 3. The van der Waals surface area contributed by atoms with Crippen molar-refractivity contribution >= 4 is 34.9 Å². The average Bonchev–Trinajstić information content (AvgIpc) is 2.68. The van der Waals surface area contributed by atoms with E-state index in [2.05, 4.69) is 5.32 Å². The predicted molar refractivity (Wildman–Crippen MR) is 112 cm³/mol. The normalized spacial score (nSPS) is 23.4. The minimum Gasteiger partial charge on any atom is -0.482 e. The van der Waals surface area contributed by atoms with Crippen molar-refractivity contribution in [3.05, 3.63) is 23.2 Å². The minimum absolute atomic E-state index is 0.0426. The topological polar surface area (TPSA) is 75.7 Å². The summed E-state index contributed by atoms with van der Waals surface area (Å²) in [6.45, 7) is 5.02. The number of amides is 2. The Labute approximate surface area is 176 Å². The number of rotatable bonds is 7. The number of nitrogens with one attached hydrogen (secondary N) is 1. The van der Waals surface area contributed by atoms with Crippen LogP contribution in [-0.4, -0.2) is 42.2 Å². The van der Waals surface area contributed by atoms with Crippen LogP contribution in [0.3, 0.4) is 0 Å². The maximum Gasteiger partial charge on any atom is 0.260 e. The SMILES string of the molecule is CCN(CC)C(=O)COc1ccc(NC(=O)C2C[C@H]3CCC[C@@H](C2)C3=O)cc1Cl. The summed E-state index contributed by atoms with van der Waals surface area (Å²) in [5.74, 6) is 0.551. The second-order valence-electron chi connectivity index (χ2n) is 7.88. The Balaban J connectivity index is 1.57. The van der Waals surface area contributed by atoms with Gasteiger partial charge in [-0.3, -0.25) is 14.4 Å². The summed E-state index contributed by atoms with van der Waals surface area (Å²) in [6, 6.07) is 5.01. The fraction of sp³-hybridized carbons (Fsp3) is 0.591. The first-order valence-electron chi connectivity index (χ1n) is 10.5. The molecule has 6 nitrogen and oxygen atoms in total. The Morgan fingerprint density at radius 2 is 1.83 bits per heavy atom. The maximum absolute atomic E-state index is 12.7. The molecule has 1 aromatic rings.